The maximum atomic E-state index is 13.3. The normalized spacial score (nSPS) is 21.2. The van der Waals surface area contributed by atoms with Crippen LogP contribution in [0.25, 0.3) is 0 Å². The van der Waals surface area contributed by atoms with Crippen molar-refractivity contribution in [1.82, 2.24) is 9.88 Å². The summed E-state index contributed by atoms with van der Waals surface area (Å²) in [4.78, 5) is 19.6. The molecular formula is C26H32Cl2N4O2. The third-order valence-electron chi connectivity index (χ3n) is 6.78. The summed E-state index contributed by atoms with van der Waals surface area (Å²) in [6.07, 6.45) is 6.78. The molecule has 1 saturated carbocycles. The van der Waals surface area contributed by atoms with Crippen LogP contribution in [-0.2, 0) is 4.79 Å². The van der Waals surface area contributed by atoms with Gasteiger partial charge in [0, 0.05) is 43.1 Å². The number of nitrogens with two attached hydrogens (primary N) is 1. The Hall–Kier alpha value is -2.33. The number of aromatic nitrogens is 1. The van der Waals surface area contributed by atoms with E-state index in [4.69, 9.17) is 33.2 Å². The summed E-state index contributed by atoms with van der Waals surface area (Å²) in [5.41, 5.74) is 6.05. The minimum Gasteiger partial charge on any atom is -0.474 e. The molecule has 3 atom stereocenters. The Morgan fingerprint density at radius 1 is 1.15 bits per heavy atom. The third kappa shape index (κ3) is 6.21. The van der Waals surface area contributed by atoms with E-state index in [1.165, 1.54) is 19.7 Å². The zero-order chi connectivity index (χ0) is 24.7. The molecule has 2 N–H and O–H groups in total. The van der Waals surface area contributed by atoms with Gasteiger partial charge < -0.3 is 15.4 Å². The van der Waals surface area contributed by atoms with Crippen molar-refractivity contribution in [2.75, 3.05) is 20.1 Å². The maximum Gasteiger partial charge on any atom is 0.225 e. The Kier molecular flexibility index (Phi) is 9.58. The molecule has 2 aliphatic rings. The van der Waals surface area contributed by atoms with Crippen LogP contribution in [-0.4, -0.2) is 42.0 Å². The second kappa shape index (κ2) is 12.4. The highest BCUT2D eigenvalue weighted by molar-refractivity contribution is 6.42. The molecule has 34 heavy (non-hydrogen) atoms. The van der Waals surface area contributed by atoms with E-state index in [1.807, 2.05) is 30.0 Å². The van der Waals surface area contributed by atoms with Crippen molar-refractivity contribution in [3.63, 3.8) is 0 Å². The zero-order valence-electron chi connectivity index (χ0n) is 19.7. The van der Waals surface area contributed by atoms with E-state index in [9.17, 15) is 4.79 Å². The number of rotatable bonds is 5. The van der Waals surface area contributed by atoms with Crippen molar-refractivity contribution >= 4 is 29.1 Å². The van der Waals surface area contributed by atoms with Crippen LogP contribution in [0.5, 0.6) is 5.88 Å². The first kappa shape index (κ1) is 26.3. The van der Waals surface area contributed by atoms with Crippen LogP contribution < -0.4 is 10.5 Å². The molecule has 0 bridgehead atoms. The fraction of sp³-hybridized carbons (Fsp3) is 0.500. The van der Waals surface area contributed by atoms with E-state index in [1.54, 1.807) is 12.1 Å². The second-order valence-corrected chi connectivity index (χ2v) is 9.66. The van der Waals surface area contributed by atoms with Crippen molar-refractivity contribution < 1.29 is 9.53 Å². The van der Waals surface area contributed by atoms with Crippen molar-refractivity contribution in [1.29, 1.82) is 5.26 Å². The molecule has 1 aliphatic heterocycles. The number of benzene rings is 1. The lowest BCUT2D eigenvalue weighted by molar-refractivity contribution is -0.135. The predicted octanol–water partition coefficient (Wildman–Crippen LogP) is 5.42. The Labute approximate surface area is 212 Å². The topological polar surface area (TPSA) is 92.2 Å². The first-order chi connectivity index (χ1) is 16.5. The van der Waals surface area contributed by atoms with Crippen LogP contribution in [0.2, 0.25) is 10.0 Å². The van der Waals surface area contributed by atoms with Gasteiger partial charge in [-0.15, -0.1) is 0 Å². The molecule has 1 aromatic heterocycles. The molecule has 1 unspecified atom stereocenters. The molecular weight excluding hydrogens is 471 g/mol. The van der Waals surface area contributed by atoms with Gasteiger partial charge in [-0.05, 0) is 50.6 Å². The molecule has 0 radical (unpaired) electrons. The maximum absolute atomic E-state index is 13.3. The van der Waals surface area contributed by atoms with Crippen LogP contribution >= 0.6 is 23.2 Å². The zero-order valence-corrected chi connectivity index (χ0v) is 21.2. The lowest BCUT2D eigenvalue weighted by Crippen LogP contribution is -2.36. The summed E-state index contributed by atoms with van der Waals surface area (Å²) in [6, 6.07) is 11.2. The number of carbonyl (C=O) groups excluding carboxylic acids is 1. The highest BCUT2D eigenvalue weighted by Gasteiger charge is 2.41. The summed E-state index contributed by atoms with van der Waals surface area (Å²) in [5.74, 6) is 1.04. The summed E-state index contributed by atoms with van der Waals surface area (Å²) >= 11 is 12.5. The van der Waals surface area contributed by atoms with Gasteiger partial charge in [-0.3, -0.25) is 4.79 Å². The average Bonchev–Trinajstić information content (AvgIpc) is 3.33. The van der Waals surface area contributed by atoms with Gasteiger partial charge in [-0.25, -0.2) is 4.98 Å². The average molecular weight is 503 g/mol. The van der Waals surface area contributed by atoms with Crippen LogP contribution in [0.15, 0.2) is 36.5 Å². The lowest BCUT2D eigenvalue weighted by Gasteiger charge is -2.27. The van der Waals surface area contributed by atoms with E-state index >= 15 is 0 Å². The Balaban J connectivity index is 0.00000158. The van der Waals surface area contributed by atoms with Crippen molar-refractivity contribution in [2.24, 2.45) is 17.6 Å². The van der Waals surface area contributed by atoms with Gasteiger partial charge in [-0.1, -0.05) is 48.5 Å². The molecule has 1 aromatic carbocycles. The number of nitrogens with zero attached hydrogens (tertiary/aromatic N) is 3. The molecule has 6 nitrogen and oxygen atoms in total. The number of nitriles is 1. The quantitative estimate of drug-likeness (QED) is 0.588. The highest BCUT2D eigenvalue weighted by Crippen LogP contribution is 2.39. The fourth-order valence-electron chi connectivity index (χ4n) is 4.98. The Bertz CT molecular complexity index is 1000. The molecule has 4 rings (SSSR count). The molecule has 2 aromatic rings. The first-order valence-electron chi connectivity index (χ1n) is 11.8. The number of amides is 1. The van der Waals surface area contributed by atoms with Gasteiger partial charge in [0.05, 0.1) is 15.6 Å². The molecule has 8 heteroatoms. The Morgan fingerprint density at radius 2 is 1.88 bits per heavy atom. The second-order valence-electron chi connectivity index (χ2n) is 8.84. The van der Waals surface area contributed by atoms with Gasteiger partial charge in [0.1, 0.15) is 12.2 Å². The molecule has 2 heterocycles. The van der Waals surface area contributed by atoms with Crippen LogP contribution in [0, 0.1) is 23.2 Å². The van der Waals surface area contributed by atoms with Gasteiger partial charge in [0.15, 0.2) is 0 Å². The van der Waals surface area contributed by atoms with Crippen molar-refractivity contribution in [3.8, 4) is 11.9 Å². The van der Waals surface area contributed by atoms with Crippen LogP contribution in [0.3, 0.4) is 0 Å². The highest BCUT2D eigenvalue weighted by atomic mass is 35.5. The molecule has 0 spiro atoms. The largest absolute Gasteiger partial charge is 0.474 e. The lowest BCUT2D eigenvalue weighted by atomic mass is 9.86. The van der Waals surface area contributed by atoms with Gasteiger partial charge in [0.25, 0.3) is 0 Å². The monoisotopic (exact) mass is 502 g/mol. The molecule has 1 saturated heterocycles. The number of pyridine rings is 1. The van der Waals surface area contributed by atoms with Gasteiger partial charge >= 0.3 is 0 Å². The number of carbonyl (C=O) groups is 1. The molecule has 1 aliphatic carbocycles. The number of likely N-dealkylation sites (tertiary alicyclic amines) is 1. The third-order valence-corrected chi connectivity index (χ3v) is 7.52. The number of hydrogen-bond acceptors (Lipinski definition) is 5. The van der Waals surface area contributed by atoms with Crippen molar-refractivity contribution in [3.05, 3.63) is 57.7 Å². The summed E-state index contributed by atoms with van der Waals surface area (Å²) in [7, 11) is 1.50. The smallest absolute Gasteiger partial charge is 0.225 e. The minimum atomic E-state index is -0.181. The van der Waals surface area contributed by atoms with Crippen LogP contribution in [0.1, 0.15) is 56.1 Å². The number of halogens is 2. The van der Waals surface area contributed by atoms with Crippen molar-refractivity contribution in [2.45, 2.75) is 51.0 Å². The predicted molar refractivity (Wildman–Crippen MR) is 135 cm³/mol. The summed E-state index contributed by atoms with van der Waals surface area (Å²) in [5, 5.41) is 10.0. The van der Waals surface area contributed by atoms with E-state index in [2.05, 4.69) is 16.8 Å². The van der Waals surface area contributed by atoms with E-state index in [0.717, 1.165) is 31.2 Å². The summed E-state index contributed by atoms with van der Waals surface area (Å²) in [6.45, 7) is 3.30. The number of hydrogen-bond donors (Lipinski definition) is 1. The fourth-order valence-corrected chi connectivity index (χ4v) is 5.29. The SMILES string of the molecule is CN.C[C@H](Oc1ccc(C#N)cn1)C1CN(C(=O)C2CCCCC2)C[C@@H]1c1ccc(Cl)c(Cl)c1. The van der Waals surface area contributed by atoms with E-state index in [-0.39, 0.29) is 29.8 Å². The Morgan fingerprint density at radius 3 is 2.50 bits per heavy atom. The summed E-state index contributed by atoms with van der Waals surface area (Å²) < 4.78 is 6.16. The van der Waals surface area contributed by atoms with Gasteiger partial charge in [-0.2, -0.15) is 5.26 Å². The molecule has 1 amide bonds. The minimum absolute atomic E-state index is 0.0808. The molecule has 2 fully saturated rings. The first-order valence-corrected chi connectivity index (χ1v) is 12.6. The molecule has 182 valence electrons. The van der Waals surface area contributed by atoms with Gasteiger partial charge in [0.2, 0.25) is 11.8 Å². The number of ether oxygens (including phenoxy) is 1. The van der Waals surface area contributed by atoms with E-state index in [0.29, 0.717) is 34.6 Å². The van der Waals surface area contributed by atoms with Crippen LogP contribution in [0.4, 0.5) is 0 Å². The van der Waals surface area contributed by atoms with E-state index < -0.39 is 0 Å². The standard InChI is InChI=1S/C25H27Cl2N3O2.CH5N/c1-16(32-24-10-7-17(12-28)13-29-24)20-14-30(25(31)18-5-3-2-4-6-18)15-21(20)19-8-9-22(26)23(27)11-19;1-2/h7-11,13,16,18,20-21H,2-6,14-15H2,1H3;2H2,1H3/t16-,20?,21+;/m0./s1.